The molecule has 0 radical (unpaired) electrons. The molecule has 0 amide bonds. The van der Waals surface area contributed by atoms with Gasteiger partial charge in [-0.1, -0.05) is 53.5 Å². The molecule has 0 N–H and O–H groups in total. The number of benzene rings is 2. The van der Waals surface area contributed by atoms with Crippen LogP contribution in [0.2, 0.25) is 5.02 Å². The third-order valence-corrected chi connectivity index (χ3v) is 4.88. The highest BCUT2D eigenvalue weighted by molar-refractivity contribution is 6.31. The summed E-state index contributed by atoms with van der Waals surface area (Å²) in [6, 6.07) is 11.0. The lowest BCUT2D eigenvalue weighted by Gasteiger charge is -2.19. The Balaban J connectivity index is 2.31. The van der Waals surface area contributed by atoms with Crippen molar-refractivity contribution in [1.29, 1.82) is 0 Å². The van der Waals surface area contributed by atoms with Crippen LogP contribution in [0.15, 0.2) is 70.1 Å². The zero-order valence-corrected chi connectivity index (χ0v) is 17.5. The Morgan fingerprint density at radius 3 is 2.69 bits per heavy atom. The van der Waals surface area contributed by atoms with Gasteiger partial charge in [0.25, 0.3) is 0 Å². The second kappa shape index (κ2) is 9.64. The summed E-state index contributed by atoms with van der Waals surface area (Å²) >= 11 is 12.1. The smallest absolute Gasteiger partial charge is 0.200 e. The first-order valence-corrected chi connectivity index (χ1v) is 9.90. The first kappa shape index (κ1) is 21.0. The molecule has 0 atom stereocenters. The van der Waals surface area contributed by atoms with Gasteiger partial charge < -0.3 is 9.15 Å². The average molecular weight is 427 g/mol. The monoisotopic (exact) mass is 426 g/mol. The summed E-state index contributed by atoms with van der Waals surface area (Å²) in [5.74, 6) is 0.961. The zero-order valence-electron chi connectivity index (χ0n) is 16.0. The first-order chi connectivity index (χ1) is 14.1. The summed E-state index contributed by atoms with van der Waals surface area (Å²) in [7, 11) is 0. The molecule has 1 aliphatic carbocycles. The minimum atomic E-state index is -0.295. The summed E-state index contributed by atoms with van der Waals surface area (Å²) < 4.78 is 11.5. The van der Waals surface area contributed by atoms with Gasteiger partial charge in [-0.15, -0.1) is 6.58 Å². The molecule has 5 heteroatoms. The number of fused-ring (bicyclic) bond motifs is 1. The second-order valence-corrected chi connectivity index (χ2v) is 7.05. The number of halogens is 2. The molecular weight excluding hydrogens is 407 g/mol. The largest absolute Gasteiger partial charge is 0.501 e. The summed E-state index contributed by atoms with van der Waals surface area (Å²) in [5.41, 5.74) is 5.58. The van der Waals surface area contributed by atoms with E-state index < -0.39 is 0 Å². The topological polar surface area (TPSA) is 39.4 Å². The van der Waals surface area contributed by atoms with E-state index in [1.54, 1.807) is 30.6 Å². The van der Waals surface area contributed by atoms with Gasteiger partial charge in [0.2, 0.25) is 5.43 Å². The predicted octanol–water partition coefficient (Wildman–Crippen LogP) is 7.15. The SMILES string of the molecule is C=CCCOC=Cc1oc2cc(=O)c(Cl)cc-2c(-c2ccccc2C)c1C=CCl. The maximum absolute atomic E-state index is 12.1. The molecule has 3 nitrogen and oxygen atoms in total. The van der Waals surface area contributed by atoms with E-state index in [9.17, 15) is 4.79 Å². The van der Waals surface area contributed by atoms with Gasteiger partial charge in [-0.3, -0.25) is 4.79 Å². The Bertz CT molecular complexity index is 1110. The van der Waals surface area contributed by atoms with Crippen LogP contribution in [-0.2, 0) is 4.74 Å². The number of rotatable bonds is 7. The Kier molecular flexibility index (Phi) is 6.97. The average Bonchev–Trinajstić information content (AvgIpc) is 2.70. The van der Waals surface area contributed by atoms with Crippen molar-refractivity contribution in [3.63, 3.8) is 0 Å². The lowest BCUT2D eigenvalue weighted by Crippen LogP contribution is -2.04. The molecule has 148 valence electrons. The van der Waals surface area contributed by atoms with E-state index in [0.29, 0.717) is 18.1 Å². The fourth-order valence-electron chi connectivity index (χ4n) is 3.08. The summed E-state index contributed by atoms with van der Waals surface area (Å²) in [6.45, 7) is 6.21. The molecule has 0 unspecified atom stereocenters. The van der Waals surface area contributed by atoms with Crippen LogP contribution in [-0.4, -0.2) is 6.61 Å². The third kappa shape index (κ3) is 4.64. The van der Waals surface area contributed by atoms with Crippen molar-refractivity contribution in [3.05, 3.63) is 93.0 Å². The molecule has 3 rings (SSSR count). The highest BCUT2D eigenvalue weighted by Gasteiger charge is 2.21. The molecule has 0 bridgehead atoms. The van der Waals surface area contributed by atoms with Crippen LogP contribution < -0.4 is 5.43 Å². The standard InChI is InChI=1S/C24H20Cl2O3/c1-3-4-12-28-13-10-22-18(9-11-25)24(17-8-6-5-7-16(17)2)19-14-20(26)21(27)15-23(19)29-22/h3,5-11,13-15H,1,4,12H2,2H3. The third-order valence-electron chi connectivity index (χ3n) is 4.46. The molecule has 1 aliphatic heterocycles. The molecule has 1 aromatic carbocycles. The second-order valence-electron chi connectivity index (χ2n) is 6.39. The summed E-state index contributed by atoms with van der Waals surface area (Å²) in [4.78, 5) is 12.1. The Morgan fingerprint density at radius 1 is 1.17 bits per heavy atom. The van der Waals surface area contributed by atoms with Crippen molar-refractivity contribution in [3.8, 4) is 22.5 Å². The highest BCUT2D eigenvalue weighted by atomic mass is 35.5. The van der Waals surface area contributed by atoms with Crippen LogP contribution in [0.3, 0.4) is 0 Å². The van der Waals surface area contributed by atoms with Crippen molar-refractivity contribution in [2.45, 2.75) is 13.3 Å². The van der Waals surface area contributed by atoms with Gasteiger partial charge in [0.1, 0.15) is 11.5 Å². The van der Waals surface area contributed by atoms with Gasteiger partial charge >= 0.3 is 0 Å². The van der Waals surface area contributed by atoms with Gasteiger partial charge in [-0.25, -0.2) is 0 Å². The number of ether oxygens (including phenoxy) is 1. The maximum Gasteiger partial charge on any atom is 0.200 e. The maximum atomic E-state index is 12.1. The van der Waals surface area contributed by atoms with E-state index in [1.807, 2.05) is 31.2 Å². The lowest BCUT2D eigenvalue weighted by atomic mass is 9.89. The number of hydrogen-bond donors (Lipinski definition) is 0. The first-order valence-electron chi connectivity index (χ1n) is 9.09. The van der Waals surface area contributed by atoms with Crippen molar-refractivity contribution >= 4 is 35.4 Å². The molecule has 1 heterocycles. The van der Waals surface area contributed by atoms with Gasteiger partial charge in [0, 0.05) is 34.4 Å². The molecule has 1 aromatic rings. The van der Waals surface area contributed by atoms with Crippen molar-refractivity contribution in [2.24, 2.45) is 0 Å². The van der Waals surface area contributed by atoms with E-state index in [0.717, 1.165) is 34.2 Å². The van der Waals surface area contributed by atoms with Crippen LogP contribution in [0.1, 0.15) is 23.3 Å². The predicted molar refractivity (Wildman–Crippen MR) is 121 cm³/mol. The van der Waals surface area contributed by atoms with E-state index in [4.69, 9.17) is 32.4 Å². The van der Waals surface area contributed by atoms with Crippen molar-refractivity contribution in [1.82, 2.24) is 0 Å². The van der Waals surface area contributed by atoms with Gasteiger partial charge in [0.05, 0.1) is 17.9 Å². The fraction of sp³-hybridized carbons (Fsp3) is 0.125. The molecule has 0 fully saturated rings. The molecule has 2 aliphatic rings. The summed E-state index contributed by atoms with van der Waals surface area (Å²) in [6.07, 6.45) is 7.56. The van der Waals surface area contributed by atoms with E-state index in [2.05, 4.69) is 6.58 Å². The van der Waals surface area contributed by atoms with E-state index >= 15 is 0 Å². The number of hydrogen-bond acceptors (Lipinski definition) is 3. The lowest BCUT2D eigenvalue weighted by molar-refractivity contribution is 0.258. The fourth-order valence-corrected chi connectivity index (χ4v) is 3.37. The van der Waals surface area contributed by atoms with Gasteiger partial charge in [-0.05, 0) is 36.6 Å². The van der Waals surface area contributed by atoms with Crippen LogP contribution in [0.4, 0.5) is 0 Å². The van der Waals surface area contributed by atoms with Crippen LogP contribution in [0.25, 0.3) is 34.6 Å². The molecule has 0 saturated carbocycles. The van der Waals surface area contributed by atoms with Crippen molar-refractivity contribution < 1.29 is 9.15 Å². The molecular formula is C24H20Cl2O3. The van der Waals surface area contributed by atoms with Gasteiger partial charge in [-0.2, -0.15) is 0 Å². The van der Waals surface area contributed by atoms with Gasteiger partial charge in [0.15, 0.2) is 0 Å². The highest BCUT2D eigenvalue weighted by Crippen LogP contribution is 2.41. The minimum absolute atomic E-state index is 0.138. The quantitative estimate of drug-likeness (QED) is 0.228. The normalized spacial score (nSPS) is 11.6. The Morgan fingerprint density at radius 2 is 1.97 bits per heavy atom. The zero-order chi connectivity index (χ0) is 20.8. The van der Waals surface area contributed by atoms with E-state index in [-0.39, 0.29) is 10.5 Å². The summed E-state index contributed by atoms with van der Waals surface area (Å²) in [5, 5.41) is 0.138. The van der Waals surface area contributed by atoms with E-state index in [1.165, 1.54) is 11.6 Å². The molecule has 0 aromatic heterocycles. The van der Waals surface area contributed by atoms with Crippen LogP contribution in [0.5, 0.6) is 0 Å². The minimum Gasteiger partial charge on any atom is -0.501 e. The molecule has 0 saturated heterocycles. The molecule has 29 heavy (non-hydrogen) atoms. The van der Waals surface area contributed by atoms with Crippen LogP contribution >= 0.6 is 23.2 Å². The molecule has 0 spiro atoms. The Hall–Kier alpha value is -2.75. The Labute approximate surface area is 179 Å². The number of aryl methyl sites for hydroxylation is 1. The van der Waals surface area contributed by atoms with Crippen molar-refractivity contribution in [2.75, 3.05) is 6.61 Å². The van der Waals surface area contributed by atoms with Crippen LogP contribution in [0, 0.1) is 6.92 Å².